The second-order valence-corrected chi connectivity index (χ2v) is 6.75. The molecule has 0 saturated carbocycles. The van der Waals surface area contributed by atoms with Gasteiger partial charge in [-0.25, -0.2) is 0 Å². The van der Waals surface area contributed by atoms with Crippen LogP contribution in [0.4, 0.5) is 5.69 Å². The number of thiocarbonyl (C=S) groups is 1. The number of rotatable bonds is 2. The molecular weight excluding hydrogens is 372 g/mol. The van der Waals surface area contributed by atoms with Gasteiger partial charge in [-0.05, 0) is 73.1 Å². The van der Waals surface area contributed by atoms with Crippen LogP contribution in [0, 0.1) is 13.8 Å². The molecule has 1 aliphatic heterocycles. The number of aryl methyl sites for hydroxylation is 2. The standard InChI is InChI=1S/C18H15BrN2OS/c1-11-6-7-15(8-12(11)2)21-17(22)16(20-18(21)23)10-13-4-3-5-14(19)9-13/h3-10H,1-2H3,(H,20,23)/b16-10+. The predicted octanol–water partition coefficient (Wildman–Crippen LogP) is 4.33. The molecule has 0 bridgehead atoms. The fourth-order valence-corrected chi connectivity index (χ4v) is 3.11. The maximum Gasteiger partial charge on any atom is 0.281 e. The average Bonchev–Trinajstić information content (AvgIpc) is 2.77. The number of nitrogens with one attached hydrogen (secondary N) is 1. The molecule has 0 spiro atoms. The molecular formula is C18H15BrN2OS. The lowest BCUT2D eigenvalue weighted by Gasteiger charge is -2.15. The largest absolute Gasteiger partial charge is 0.327 e. The minimum Gasteiger partial charge on any atom is -0.327 e. The van der Waals surface area contributed by atoms with Crippen LogP contribution in [0.1, 0.15) is 16.7 Å². The number of carbonyl (C=O) groups is 1. The van der Waals surface area contributed by atoms with Crippen molar-refractivity contribution in [3.63, 3.8) is 0 Å². The second kappa shape index (κ2) is 6.26. The normalized spacial score (nSPS) is 16.1. The Morgan fingerprint density at radius 3 is 2.61 bits per heavy atom. The van der Waals surface area contributed by atoms with Gasteiger partial charge in [0.2, 0.25) is 0 Å². The van der Waals surface area contributed by atoms with Crippen LogP contribution in [-0.4, -0.2) is 11.0 Å². The molecule has 1 aliphatic rings. The summed E-state index contributed by atoms with van der Waals surface area (Å²) in [6, 6.07) is 13.6. The molecule has 23 heavy (non-hydrogen) atoms. The third-order valence-corrected chi connectivity index (χ3v) is 4.56. The number of amides is 1. The van der Waals surface area contributed by atoms with Gasteiger partial charge < -0.3 is 5.32 Å². The highest BCUT2D eigenvalue weighted by molar-refractivity contribution is 9.10. The van der Waals surface area contributed by atoms with Gasteiger partial charge in [0.15, 0.2) is 5.11 Å². The van der Waals surface area contributed by atoms with Gasteiger partial charge >= 0.3 is 0 Å². The first-order valence-corrected chi connectivity index (χ1v) is 8.36. The smallest absolute Gasteiger partial charge is 0.281 e. The number of anilines is 1. The van der Waals surface area contributed by atoms with Crippen molar-refractivity contribution in [2.24, 2.45) is 0 Å². The summed E-state index contributed by atoms with van der Waals surface area (Å²) in [6.45, 7) is 4.06. The van der Waals surface area contributed by atoms with Crippen LogP contribution in [0.5, 0.6) is 0 Å². The zero-order valence-corrected chi connectivity index (χ0v) is 15.2. The Morgan fingerprint density at radius 1 is 1.13 bits per heavy atom. The van der Waals surface area contributed by atoms with Crippen molar-refractivity contribution >= 4 is 50.9 Å². The summed E-state index contributed by atoms with van der Waals surface area (Å²) in [6.07, 6.45) is 1.81. The van der Waals surface area contributed by atoms with Gasteiger partial charge in [0, 0.05) is 4.47 Å². The number of benzene rings is 2. The van der Waals surface area contributed by atoms with Gasteiger partial charge in [-0.15, -0.1) is 0 Å². The van der Waals surface area contributed by atoms with Crippen molar-refractivity contribution in [2.75, 3.05) is 4.90 Å². The predicted molar refractivity (Wildman–Crippen MR) is 101 cm³/mol. The highest BCUT2D eigenvalue weighted by Gasteiger charge is 2.32. The number of hydrogen-bond donors (Lipinski definition) is 1. The lowest BCUT2D eigenvalue weighted by Crippen LogP contribution is -2.30. The molecule has 0 aliphatic carbocycles. The van der Waals surface area contributed by atoms with Crippen molar-refractivity contribution in [3.8, 4) is 0 Å². The molecule has 0 radical (unpaired) electrons. The molecule has 1 amide bonds. The summed E-state index contributed by atoms with van der Waals surface area (Å²) in [7, 11) is 0. The summed E-state index contributed by atoms with van der Waals surface area (Å²) in [5.74, 6) is -0.141. The molecule has 3 nitrogen and oxygen atoms in total. The van der Waals surface area contributed by atoms with Crippen LogP contribution in [0.25, 0.3) is 6.08 Å². The molecule has 1 saturated heterocycles. The lowest BCUT2D eigenvalue weighted by molar-refractivity contribution is -0.113. The lowest BCUT2D eigenvalue weighted by atomic mass is 10.1. The Balaban J connectivity index is 1.95. The summed E-state index contributed by atoms with van der Waals surface area (Å²) in [5, 5.41) is 3.41. The van der Waals surface area contributed by atoms with E-state index < -0.39 is 0 Å². The van der Waals surface area contributed by atoms with Crippen LogP contribution in [0.2, 0.25) is 0 Å². The van der Waals surface area contributed by atoms with Crippen molar-refractivity contribution in [1.29, 1.82) is 0 Å². The molecule has 2 aromatic rings. The molecule has 2 aromatic carbocycles. The second-order valence-electron chi connectivity index (χ2n) is 5.45. The van der Waals surface area contributed by atoms with Gasteiger partial charge in [-0.1, -0.05) is 34.1 Å². The first kappa shape index (κ1) is 15.9. The van der Waals surface area contributed by atoms with E-state index in [0.717, 1.165) is 21.3 Å². The van der Waals surface area contributed by atoms with Crippen LogP contribution in [-0.2, 0) is 4.79 Å². The van der Waals surface area contributed by atoms with E-state index in [1.165, 1.54) is 10.5 Å². The van der Waals surface area contributed by atoms with Crippen molar-refractivity contribution in [3.05, 3.63) is 69.3 Å². The van der Waals surface area contributed by atoms with Crippen molar-refractivity contribution < 1.29 is 4.79 Å². The molecule has 116 valence electrons. The van der Waals surface area contributed by atoms with E-state index in [1.54, 1.807) is 6.08 Å². The van der Waals surface area contributed by atoms with Gasteiger partial charge in [-0.2, -0.15) is 0 Å². The molecule has 0 unspecified atom stereocenters. The van der Waals surface area contributed by atoms with E-state index in [4.69, 9.17) is 12.2 Å². The molecule has 5 heteroatoms. The summed E-state index contributed by atoms with van der Waals surface area (Å²) in [5.41, 5.74) is 4.51. The van der Waals surface area contributed by atoms with E-state index in [1.807, 2.05) is 56.3 Å². The zero-order valence-electron chi connectivity index (χ0n) is 12.8. The number of nitrogens with zero attached hydrogens (tertiary/aromatic N) is 1. The third kappa shape index (κ3) is 3.21. The van der Waals surface area contributed by atoms with E-state index in [9.17, 15) is 4.79 Å². The number of carbonyl (C=O) groups excluding carboxylic acids is 1. The molecule has 3 rings (SSSR count). The fourth-order valence-electron chi connectivity index (χ4n) is 2.40. The fraction of sp³-hybridized carbons (Fsp3) is 0.111. The molecule has 1 heterocycles. The minimum absolute atomic E-state index is 0.141. The van der Waals surface area contributed by atoms with Gasteiger partial charge in [0.25, 0.3) is 5.91 Å². The SMILES string of the molecule is Cc1ccc(N2C(=O)/C(=C\c3cccc(Br)c3)NC2=S)cc1C. The summed E-state index contributed by atoms with van der Waals surface area (Å²) >= 11 is 8.77. The van der Waals surface area contributed by atoms with E-state index in [-0.39, 0.29) is 5.91 Å². The van der Waals surface area contributed by atoms with Crippen molar-refractivity contribution in [1.82, 2.24) is 5.32 Å². The topological polar surface area (TPSA) is 32.3 Å². The van der Waals surface area contributed by atoms with Gasteiger partial charge in [0.05, 0.1) is 5.69 Å². The number of halogens is 1. The van der Waals surface area contributed by atoms with Gasteiger partial charge in [0.1, 0.15) is 5.70 Å². The van der Waals surface area contributed by atoms with E-state index >= 15 is 0 Å². The molecule has 1 fully saturated rings. The third-order valence-electron chi connectivity index (χ3n) is 3.79. The summed E-state index contributed by atoms with van der Waals surface area (Å²) in [4.78, 5) is 14.2. The zero-order chi connectivity index (χ0) is 16.6. The van der Waals surface area contributed by atoms with Gasteiger partial charge in [-0.3, -0.25) is 9.69 Å². The maximum atomic E-state index is 12.7. The highest BCUT2D eigenvalue weighted by Crippen LogP contribution is 2.25. The van der Waals surface area contributed by atoms with Crippen LogP contribution in [0.3, 0.4) is 0 Å². The minimum atomic E-state index is -0.141. The molecule has 0 aromatic heterocycles. The Hall–Kier alpha value is -1.98. The maximum absolute atomic E-state index is 12.7. The quantitative estimate of drug-likeness (QED) is 0.615. The Bertz CT molecular complexity index is 845. The monoisotopic (exact) mass is 386 g/mol. The van der Waals surface area contributed by atoms with E-state index in [0.29, 0.717) is 10.8 Å². The van der Waals surface area contributed by atoms with Crippen molar-refractivity contribution in [2.45, 2.75) is 13.8 Å². The first-order chi connectivity index (χ1) is 11.0. The van der Waals surface area contributed by atoms with Crippen LogP contribution in [0.15, 0.2) is 52.6 Å². The first-order valence-electron chi connectivity index (χ1n) is 7.15. The Kier molecular flexibility index (Phi) is 4.33. The Morgan fingerprint density at radius 2 is 1.91 bits per heavy atom. The molecule has 0 atom stereocenters. The molecule has 1 N–H and O–H groups in total. The average molecular weight is 387 g/mol. The highest BCUT2D eigenvalue weighted by atomic mass is 79.9. The summed E-state index contributed by atoms with van der Waals surface area (Å²) < 4.78 is 0.964. The van der Waals surface area contributed by atoms with Crippen LogP contribution >= 0.6 is 28.1 Å². The van der Waals surface area contributed by atoms with Crippen LogP contribution < -0.4 is 10.2 Å². The number of hydrogen-bond acceptors (Lipinski definition) is 2. The Labute approximate surface area is 149 Å². The van der Waals surface area contributed by atoms with E-state index in [2.05, 4.69) is 21.2 Å².